The molecule has 1 amide bonds. The van der Waals surface area contributed by atoms with Crippen LogP contribution in [0.25, 0.3) is 0 Å². The normalized spacial score (nSPS) is 10.4. The Balaban J connectivity index is 2.03. The van der Waals surface area contributed by atoms with Gasteiger partial charge in [0.1, 0.15) is 5.82 Å². The van der Waals surface area contributed by atoms with E-state index in [0.717, 1.165) is 0 Å². The topological polar surface area (TPSA) is 86.5 Å². The zero-order chi connectivity index (χ0) is 18.9. The summed E-state index contributed by atoms with van der Waals surface area (Å²) in [5, 5.41) is 2.64. The number of nitrogens with one attached hydrogen (secondary N) is 1. The van der Waals surface area contributed by atoms with Gasteiger partial charge in [-0.05, 0) is 24.6 Å². The van der Waals surface area contributed by atoms with Gasteiger partial charge in [0.25, 0.3) is 5.91 Å². The van der Waals surface area contributed by atoms with E-state index < -0.39 is 11.7 Å². The number of anilines is 1. The fraction of sp³-hybridized carbons (Fsp3) is 0.263. The fourth-order valence-corrected chi connectivity index (χ4v) is 2.26. The Bertz CT molecular complexity index is 781. The minimum atomic E-state index is -0.501. The summed E-state index contributed by atoms with van der Waals surface area (Å²) in [4.78, 5) is 16.4. The number of aromatic nitrogens is 1. The van der Waals surface area contributed by atoms with E-state index in [-0.39, 0.29) is 23.7 Å². The minimum absolute atomic E-state index is 0.00257. The molecule has 7 heteroatoms. The minimum Gasteiger partial charge on any atom is -0.490 e. The summed E-state index contributed by atoms with van der Waals surface area (Å²) in [5.41, 5.74) is 6.98. The number of hydrogen-bond acceptors (Lipinski definition) is 5. The first-order valence-electron chi connectivity index (χ1n) is 8.10. The number of nitrogen functional groups attached to an aromatic ring is 1. The van der Waals surface area contributed by atoms with Gasteiger partial charge in [-0.2, -0.15) is 0 Å². The van der Waals surface area contributed by atoms with Crippen molar-refractivity contribution in [2.75, 3.05) is 19.5 Å². The zero-order valence-electron chi connectivity index (χ0n) is 14.6. The highest BCUT2D eigenvalue weighted by molar-refractivity contribution is 5.98. The van der Waals surface area contributed by atoms with Gasteiger partial charge in [-0.15, -0.1) is 6.58 Å². The Morgan fingerprint density at radius 2 is 2.19 bits per heavy atom. The van der Waals surface area contributed by atoms with Crippen molar-refractivity contribution < 1.29 is 18.7 Å². The van der Waals surface area contributed by atoms with E-state index in [2.05, 4.69) is 16.9 Å². The number of pyridine rings is 1. The second kappa shape index (κ2) is 9.53. The van der Waals surface area contributed by atoms with Crippen molar-refractivity contribution in [2.24, 2.45) is 0 Å². The number of methoxy groups -OCH3 is 1. The Kier molecular flexibility index (Phi) is 7.11. The number of halogens is 1. The third-order valence-corrected chi connectivity index (χ3v) is 3.58. The monoisotopic (exact) mass is 359 g/mol. The van der Waals surface area contributed by atoms with Crippen LogP contribution in [0.2, 0.25) is 0 Å². The molecule has 1 aromatic carbocycles. The van der Waals surface area contributed by atoms with E-state index in [0.29, 0.717) is 30.9 Å². The molecule has 138 valence electrons. The molecule has 1 aromatic heterocycles. The number of amides is 1. The largest absolute Gasteiger partial charge is 0.490 e. The molecular formula is C19H22FN3O3. The molecule has 1 heterocycles. The lowest BCUT2D eigenvalue weighted by Crippen LogP contribution is -2.25. The Labute approximate surface area is 151 Å². The molecule has 0 saturated carbocycles. The van der Waals surface area contributed by atoms with Crippen LogP contribution >= 0.6 is 0 Å². The van der Waals surface area contributed by atoms with Crippen molar-refractivity contribution in [3.8, 4) is 5.75 Å². The van der Waals surface area contributed by atoms with Gasteiger partial charge in [0, 0.05) is 19.2 Å². The van der Waals surface area contributed by atoms with Crippen molar-refractivity contribution in [3.05, 3.63) is 65.6 Å². The highest BCUT2D eigenvalue weighted by Gasteiger charge is 2.14. The van der Waals surface area contributed by atoms with E-state index in [9.17, 15) is 9.18 Å². The first-order chi connectivity index (χ1) is 12.6. The van der Waals surface area contributed by atoms with Gasteiger partial charge in [0.2, 0.25) is 0 Å². The lowest BCUT2D eigenvalue weighted by atomic mass is 10.1. The predicted octanol–water partition coefficient (Wildman–Crippen LogP) is 2.83. The van der Waals surface area contributed by atoms with Crippen LogP contribution in [0.3, 0.4) is 0 Å². The molecule has 0 aliphatic rings. The molecule has 6 nitrogen and oxygen atoms in total. The van der Waals surface area contributed by atoms with Crippen LogP contribution in [0.4, 0.5) is 10.2 Å². The van der Waals surface area contributed by atoms with Gasteiger partial charge in [-0.25, -0.2) is 9.37 Å². The number of carbonyl (C=O) groups is 1. The van der Waals surface area contributed by atoms with Crippen LogP contribution in [0.15, 0.2) is 43.0 Å². The first kappa shape index (κ1) is 19.4. The van der Waals surface area contributed by atoms with E-state index >= 15 is 0 Å². The Hall–Kier alpha value is -2.93. The lowest BCUT2D eigenvalue weighted by Gasteiger charge is -2.11. The quantitative estimate of drug-likeness (QED) is 0.531. The van der Waals surface area contributed by atoms with Gasteiger partial charge >= 0.3 is 0 Å². The third-order valence-electron chi connectivity index (χ3n) is 3.58. The molecule has 0 atom stereocenters. The molecule has 0 unspecified atom stereocenters. The van der Waals surface area contributed by atoms with Gasteiger partial charge in [0.05, 0.1) is 24.5 Å². The molecule has 2 aromatic rings. The van der Waals surface area contributed by atoms with Crippen molar-refractivity contribution in [1.82, 2.24) is 10.3 Å². The van der Waals surface area contributed by atoms with Gasteiger partial charge < -0.3 is 20.5 Å². The Morgan fingerprint density at radius 3 is 2.88 bits per heavy atom. The maximum atomic E-state index is 14.4. The van der Waals surface area contributed by atoms with Crippen LogP contribution < -0.4 is 15.8 Å². The first-order valence-corrected chi connectivity index (χ1v) is 8.10. The van der Waals surface area contributed by atoms with Crippen molar-refractivity contribution in [1.29, 1.82) is 0 Å². The average molecular weight is 359 g/mol. The van der Waals surface area contributed by atoms with Crippen molar-refractivity contribution in [3.63, 3.8) is 0 Å². The van der Waals surface area contributed by atoms with E-state index in [4.69, 9.17) is 15.2 Å². The summed E-state index contributed by atoms with van der Waals surface area (Å²) in [6.07, 6.45) is 2.31. The molecule has 2 rings (SSSR count). The fourth-order valence-electron chi connectivity index (χ4n) is 2.26. The summed E-state index contributed by atoms with van der Waals surface area (Å²) >= 11 is 0. The van der Waals surface area contributed by atoms with E-state index in [1.807, 2.05) is 0 Å². The van der Waals surface area contributed by atoms with Gasteiger partial charge in [-0.3, -0.25) is 4.79 Å². The number of benzene rings is 1. The maximum Gasteiger partial charge on any atom is 0.255 e. The predicted molar refractivity (Wildman–Crippen MR) is 97.2 cm³/mol. The molecule has 0 spiro atoms. The smallest absolute Gasteiger partial charge is 0.255 e. The highest BCUT2D eigenvalue weighted by atomic mass is 19.1. The molecular weight excluding hydrogens is 337 g/mol. The second-order valence-corrected chi connectivity index (χ2v) is 5.51. The second-order valence-electron chi connectivity index (χ2n) is 5.51. The average Bonchev–Trinajstić information content (AvgIpc) is 2.62. The van der Waals surface area contributed by atoms with Crippen LogP contribution in [0, 0.1) is 5.82 Å². The van der Waals surface area contributed by atoms with Crippen molar-refractivity contribution >= 4 is 11.7 Å². The number of hydrogen-bond donors (Lipinski definition) is 2. The molecule has 0 aliphatic heterocycles. The zero-order valence-corrected chi connectivity index (χ0v) is 14.6. The SMILES string of the molecule is C=CCCOc1cccc(CNC(=O)c2ccc(COC)nc2N)c1F. The number of nitrogens with zero attached hydrogens (tertiary/aromatic N) is 1. The summed E-state index contributed by atoms with van der Waals surface area (Å²) in [5.74, 6) is -0.697. The van der Waals surface area contributed by atoms with Crippen LogP contribution in [-0.4, -0.2) is 24.6 Å². The van der Waals surface area contributed by atoms with Crippen LogP contribution in [0.5, 0.6) is 5.75 Å². The summed E-state index contributed by atoms with van der Waals surface area (Å²) in [6.45, 7) is 4.23. The summed E-state index contributed by atoms with van der Waals surface area (Å²) in [6, 6.07) is 8.02. The molecule has 0 fully saturated rings. The molecule has 0 saturated heterocycles. The summed E-state index contributed by atoms with van der Waals surface area (Å²) < 4.78 is 24.8. The number of rotatable bonds is 9. The molecule has 0 bridgehead atoms. The van der Waals surface area contributed by atoms with E-state index in [1.165, 1.54) is 0 Å². The van der Waals surface area contributed by atoms with Gasteiger partial charge in [-0.1, -0.05) is 18.2 Å². The number of nitrogens with two attached hydrogens (primary N) is 1. The van der Waals surface area contributed by atoms with E-state index in [1.54, 1.807) is 43.5 Å². The molecule has 26 heavy (non-hydrogen) atoms. The lowest BCUT2D eigenvalue weighted by molar-refractivity contribution is 0.0951. The van der Waals surface area contributed by atoms with Crippen molar-refractivity contribution in [2.45, 2.75) is 19.6 Å². The van der Waals surface area contributed by atoms with Crippen LogP contribution in [-0.2, 0) is 17.9 Å². The molecule has 0 radical (unpaired) electrons. The standard InChI is InChI=1S/C19H22FN3O3/c1-3-4-10-26-16-7-5-6-13(17(16)20)11-22-19(24)15-9-8-14(12-25-2)23-18(15)21/h3,5-9H,1,4,10-12H2,2H3,(H2,21,23)(H,22,24). The third kappa shape index (κ3) is 5.03. The van der Waals surface area contributed by atoms with Gasteiger partial charge in [0.15, 0.2) is 11.6 Å². The molecule has 3 N–H and O–H groups in total. The maximum absolute atomic E-state index is 14.4. The Morgan fingerprint density at radius 1 is 1.38 bits per heavy atom. The number of carbonyl (C=O) groups excluding carboxylic acids is 1. The number of ether oxygens (including phenoxy) is 2. The highest BCUT2D eigenvalue weighted by Crippen LogP contribution is 2.21. The van der Waals surface area contributed by atoms with Crippen LogP contribution in [0.1, 0.15) is 28.0 Å². The summed E-state index contributed by atoms with van der Waals surface area (Å²) in [7, 11) is 1.54. The molecule has 0 aliphatic carbocycles.